The number of hydrogen-bond acceptors (Lipinski definition) is 3. The van der Waals surface area contributed by atoms with Gasteiger partial charge in [0.2, 0.25) is 0 Å². The monoisotopic (exact) mass is 188 g/mol. The predicted molar refractivity (Wildman–Crippen MR) is 54.7 cm³/mol. The zero-order chi connectivity index (χ0) is 9.97. The zero-order valence-corrected chi connectivity index (χ0v) is 7.96. The van der Waals surface area contributed by atoms with Crippen molar-refractivity contribution in [3.05, 3.63) is 42.5 Å². The van der Waals surface area contributed by atoms with Crippen LogP contribution in [0.5, 0.6) is 0 Å². The van der Waals surface area contributed by atoms with Gasteiger partial charge in [-0.3, -0.25) is 9.67 Å². The summed E-state index contributed by atoms with van der Waals surface area (Å²) in [7, 11) is 0. The molecule has 0 bridgehead atoms. The van der Waals surface area contributed by atoms with Gasteiger partial charge in [0.05, 0.1) is 23.6 Å². The molecule has 0 aromatic carbocycles. The first kappa shape index (κ1) is 8.74. The fraction of sp³-hybridized carbons (Fsp3) is 0.200. The molecule has 2 aromatic rings. The van der Waals surface area contributed by atoms with E-state index in [-0.39, 0.29) is 6.04 Å². The predicted octanol–water partition coefficient (Wildman–Crippen LogP) is 1.47. The summed E-state index contributed by atoms with van der Waals surface area (Å²) in [5.41, 5.74) is 7.25. The van der Waals surface area contributed by atoms with Crippen molar-refractivity contribution in [3.63, 3.8) is 0 Å². The Balaban J connectivity index is 2.29. The summed E-state index contributed by atoms with van der Waals surface area (Å²) < 4.78 is 1.80. The Morgan fingerprint density at radius 1 is 1.43 bits per heavy atom. The van der Waals surface area contributed by atoms with Gasteiger partial charge in [0.15, 0.2) is 0 Å². The van der Waals surface area contributed by atoms with E-state index in [0.29, 0.717) is 5.69 Å². The molecule has 0 fully saturated rings. The molecule has 2 rings (SSSR count). The quantitative estimate of drug-likeness (QED) is 0.776. The van der Waals surface area contributed by atoms with Gasteiger partial charge in [-0.05, 0) is 19.1 Å². The fourth-order valence-electron chi connectivity index (χ4n) is 1.32. The van der Waals surface area contributed by atoms with Gasteiger partial charge in [0, 0.05) is 12.4 Å². The van der Waals surface area contributed by atoms with E-state index in [0.717, 1.165) is 5.69 Å². The number of nitrogens with two attached hydrogens (primary N) is 1. The molecule has 0 amide bonds. The molecule has 0 aliphatic carbocycles. The Hall–Kier alpha value is -1.84. The van der Waals surface area contributed by atoms with Crippen LogP contribution in [0, 0.1) is 0 Å². The summed E-state index contributed by atoms with van der Waals surface area (Å²) >= 11 is 0. The smallest absolute Gasteiger partial charge is 0.0911 e. The van der Waals surface area contributed by atoms with Crippen LogP contribution in [-0.2, 0) is 0 Å². The molecule has 4 nitrogen and oxygen atoms in total. The van der Waals surface area contributed by atoms with Crippen molar-refractivity contribution < 1.29 is 0 Å². The lowest BCUT2D eigenvalue weighted by Gasteiger charge is -2.10. The van der Waals surface area contributed by atoms with Gasteiger partial charge < -0.3 is 5.73 Å². The Morgan fingerprint density at radius 3 is 2.86 bits per heavy atom. The Morgan fingerprint density at radius 2 is 2.29 bits per heavy atom. The molecular formula is C10H12N4. The Labute approximate surface area is 82.4 Å². The van der Waals surface area contributed by atoms with Crippen molar-refractivity contribution >= 4 is 5.69 Å². The van der Waals surface area contributed by atoms with Crippen LogP contribution in [0.25, 0.3) is 0 Å². The lowest BCUT2D eigenvalue weighted by Crippen LogP contribution is -2.08. The van der Waals surface area contributed by atoms with Gasteiger partial charge in [-0.25, -0.2) is 0 Å². The highest BCUT2D eigenvalue weighted by molar-refractivity contribution is 5.31. The van der Waals surface area contributed by atoms with Gasteiger partial charge in [0.25, 0.3) is 0 Å². The minimum absolute atomic E-state index is 0.119. The maximum atomic E-state index is 5.59. The number of anilines is 1. The van der Waals surface area contributed by atoms with E-state index >= 15 is 0 Å². The van der Waals surface area contributed by atoms with E-state index < -0.39 is 0 Å². The van der Waals surface area contributed by atoms with Crippen LogP contribution in [0.1, 0.15) is 18.7 Å². The van der Waals surface area contributed by atoms with E-state index in [1.807, 2.05) is 25.1 Å². The first-order valence-electron chi connectivity index (χ1n) is 4.48. The highest BCUT2D eigenvalue weighted by Gasteiger charge is 2.08. The Bertz CT molecular complexity index is 407. The van der Waals surface area contributed by atoms with E-state index in [9.17, 15) is 0 Å². The molecule has 0 spiro atoms. The summed E-state index contributed by atoms with van der Waals surface area (Å²) in [6.45, 7) is 2.04. The van der Waals surface area contributed by atoms with Crippen LogP contribution in [0.2, 0.25) is 0 Å². The Kier molecular flexibility index (Phi) is 2.18. The minimum atomic E-state index is 0.119. The zero-order valence-electron chi connectivity index (χ0n) is 7.96. The van der Waals surface area contributed by atoms with Gasteiger partial charge in [0.1, 0.15) is 0 Å². The van der Waals surface area contributed by atoms with Crippen LogP contribution in [0.3, 0.4) is 0 Å². The number of rotatable bonds is 2. The molecule has 0 radical (unpaired) electrons. The molecule has 0 aliphatic heterocycles. The first-order valence-corrected chi connectivity index (χ1v) is 4.48. The van der Waals surface area contributed by atoms with Gasteiger partial charge in [-0.15, -0.1) is 0 Å². The molecule has 0 aliphatic rings. The average molecular weight is 188 g/mol. The maximum Gasteiger partial charge on any atom is 0.0911 e. The summed E-state index contributed by atoms with van der Waals surface area (Å²) in [4.78, 5) is 4.26. The summed E-state index contributed by atoms with van der Waals surface area (Å²) in [5.74, 6) is 0. The van der Waals surface area contributed by atoms with Gasteiger partial charge in [-0.1, -0.05) is 6.07 Å². The van der Waals surface area contributed by atoms with Crippen LogP contribution >= 0.6 is 0 Å². The third-order valence-corrected chi connectivity index (χ3v) is 2.13. The summed E-state index contributed by atoms with van der Waals surface area (Å²) in [6, 6.07) is 5.95. The highest BCUT2D eigenvalue weighted by atomic mass is 15.3. The second-order valence-corrected chi connectivity index (χ2v) is 3.18. The van der Waals surface area contributed by atoms with Crippen LogP contribution in [0.4, 0.5) is 5.69 Å². The molecule has 2 N–H and O–H groups in total. The molecule has 2 heterocycles. The van der Waals surface area contributed by atoms with Crippen molar-refractivity contribution in [1.29, 1.82) is 0 Å². The number of pyridine rings is 1. The number of nitrogen functional groups attached to an aromatic ring is 1. The van der Waals surface area contributed by atoms with Crippen molar-refractivity contribution in [2.45, 2.75) is 13.0 Å². The normalized spacial score (nSPS) is 12.6. The number of aromatic nitrogens is 3. The van der Waals surface area contributed by atoms with Gasteiger partial charge in [-0.2, -0.15) is 5.10 Å². The summed E-state index contributed by atoms with van der Waals surface area (Å²) in [5, 5.41) is 4.14. The molecule has 14 heavy (non-hydrogen) atoms. The van der Waals surface area contributed by atoms with E-state index in [2.05, 4.69) is 10.1 Å². The van der Waals surface area contributed by atoms with Gasteiger partial charge >= 0.3 is 0 Å². The number of hydrogen-bond donors (Lipinski definition) is 1. The third kappa shape index (κ3) is 1.59. The molecule has 1 atom stereocenters. The SMILES string of the molecule is C[C@@H](c1ccccn1)n1cc(N)cn1. The highest BCUT2D eigenvalue weighted by Crippen LogP contribution is 2.14. The second kappa shape index (κ2) is 3.49. The van der Waals surface area contributed by atoms with E-state index in [1.165, 1.54) is 0 Å². The molecular weight excluding hydrogens is 176 g/mol. The molecule has 4 heteroatoms. The lowest BCUT2D eigenvalue weighted by molar-refractivity contribution is 0.551. The van der Waals surface area contributed by atoms with Crippen LogP contribution in [0.15, 0.2) is 36.8 Å². The van der Waals surface area contributed by atoms with Crippen LogP contribution < -0.4 is 5.73 Å². The maximum absolute atomic E-state index is 5.59. The van der Waals surface area contributed by atoms with Crippen LogP contribution in [-0.4, -0.2) is 14.8 Å². The molecule has 2 aromatic heterocycles. The van der Waals surface area contributed by atoms with E-state index in [4.69, 9.17) is 5.73 Å². The fourth-order valence-corrected chi connectivity index (χ4v) is 1.32. The standard InChI is InChI=1S/C10H12N4/c1-8(10-4-2-3-5-12-10)14-7-9(11)6-13-14/h2-8H,11H2,1H3/t8-/m0/s1. The first-order chi connectivity index (χ1) is 6.77. The molecule has 72 valence electrons. The lowest BCUT2D eigenvalue weighted by atomic mass is 10.2. The van der Waals surface area contributed by atoms with Crippen molar-refractivity contribution in [1.82, 2.24) is 14.8 Å². The van der Waals surface area contributed by atoms with E-state index in [1.54, 1.807) is 23.3 Å². The topological polar surface area (TPSA) is 56.7 Å². The van der Waals surface area contributed by atoms with Crippen molar-refractivity contribution in [2.24, 2.45) is 0 Å². The minimum Gasteiger partial charge on any atom is -0.396 e. The second-order valence-electron chi connectivity index (χ2n) is 3.18. The van der Waals surface area contributed by atoms with Crippen molar-refractivity contribution in [3.8, 4) is 0 Å². The third-order valence-electron chi connectivity index (χ3n) is 2.13. The molecule has 0 unspecified atom stereocenters. The largest absolute Gasteiger partial charge is 0.396 e. The summed E-state index contributed by atoms with van der Waals surface area (Å²) in [6.07, 6.45) is 5.22. The average Bonchev–Trinajstić information content (AvgIpc) is 2.65. The molecule has 0 saturated heterocycles. The van der Waals surface area contributed by atoms with Crippen molar-refractivity contribution in [2.75, 3.05) is 5.73 Å². The molecule has 0 saturated carbocycles. The number of nitrogens with zero attached hydrogens (tertiary/aromatic N) is 3.